The van der Waals surface area contributed by atoms with Crippen LogP contribution >= 0.6 is 0 Å². The lowest BCUT2D eigenvalue weighted by Gasteiger charge is -2.09. The van der Waals surface area contributed by atoms with Crippen molar-refractivity contribution >= 4 is 38.5 Å². The van der Waals surface area contributed by atoms with Crippen molar-refractivity contribution in [3.05, 3.63) is 84.3 Å². The third-order valence-electron chi connectivity index (χ3n) is 5.92. The van der Waals surface area contributed by atoms with E-state index in [1.165, 1.54) is 27.8 Å². The first-order chi connectivity index (χ1) is 13.9. The Hall–Kier alpha value is -3.79. The topological polar surface area (TPSA) is 43.1 Å². The van der Waals surface area contributed by atoms with Crippen LogP contribution < -0.4 is 0 Å². The molecular weight excluding hydrogens is 344 g/mol. The summed E-state index contributed by atoms with van der Waals surface area (Å²) >= 11 is 0. The molecule has 1 aliphatic carbocycles. The number of imidazole rings is 1. The van der Waals surface area contributed by atoms with Crippen molar-refractivity contribution in [3.8, 4) is 11.1 Å². The average Bonchev–Trinajstić information content (AvgIpc) is 3.32. The molecule has 1 aliphatic rings. The van der Waals surface area contributed by atoms with E-state index in [2.05, 4.69) is 51.8 Å². The van der Waals surface area contributed by atoms with Gasteiger partial charge in [0.25, 0.3) is 0 Å². The molecule has 4 aromatic heterocycles. The Morgan fingerprint density at radius 1 is 0.821 bits per heavy atom. The Morgan fingerprint density at radius 3 is 2.79 bits per heavy atom. The van der Waals surface area contributed by atoms with Gasteiger partial charge in [0.1, 0.15) is 5.65 Å². The summed E-state index contributed by atoms with van der Waals surface area (Å²) in [5, 5.41) is 2.12. The number of hydrogen-bond donors (Lipinski definition) is 0. The van der Waals surface area contributed by atoms with Crippen LogP contribution in [-0.2, 0) is 6.42 Å². The minimum atomic E-state index is 0.960. The summed E-state index contributed by atoms with van der Waals surface area (Å²) in [7, 11) is 0. The molecule has 0 saturated heterocycles. The summed E-state index contributed by atoms with van der Waals surface area (Å²) in [6.45, 7) is 0. The van der Waals surface area contributed by atoms with Crippen molar-refractivity contribution in [2.24, 2.45) is 0 Å². The van der Waals surface area contributed by atoms with E-state index in [9.17, 15) is 0 Å². The van der Waals surface area contributed by atoms with Crippen LogP contribution in [0.2, 0.25) is 0 Å². The lowest BCUT2D eigenvalue weighted by Crippen LogP contribution is -1.94. The molecule has 28 heavy (non-hydrogen) atoms. The van der Waals surface area contributed by atoms with E-state index in [0.29, 0.717) is 0 Å². The highest BCUT2D eigenvalue weighted by atomic mass is 15.0. The fourth-order valence-corrected chi connectivity index (χ4v) is 4.76. The zero-order valence-electron chi connectivity index (χ0n) is 14.9. The van der Waals surface area contributed by atoms with E-state index in [1.807, 2.05) is 30.7 Å². The summed E-state index contributed by atoms with van der Waals surface area (Å²) < 4.78 is 2.29. The fourth-order valence-electron chi connectivity index (χ4n) is 4.76. The van der Waals surface area contributed by atoms with E-state index in [0.717, 1.165) is 39.4 Å². The van der Waals surface area contributed by atoms with Gasteiger partial charge in [-0.25, -0.2) is 4.98 Å². The Labute approximate surface area is 160 Å². The highest BCUT2D eigenvalue weighted by Gasteiger charge is 2.24. The summed E-state index contributed by atoms with van der Waals surface area (Å²) in [6, 6.07) is 19.2. The van der Waals surface area contributed by atoms with E-state index >= 15 is 0 Å². The van der Waals surface area contributed by atoms with Gasteiger partial charge in [0, 0.05) is 34.9 Å². The van der Waals surface area contributed by atoms with Crippen LogP contribution in [0.4, 0.5) is 0 Å². The van der Waals surface area contributed by atoms with E-state index in [-0.39, 0.29) is 0 Å². The zero-order chi connectivity index (χ0) is 18.2. The molecule has 6 aromatic rings. The van der Waals surface area contributed by atoms with Crippen LogP contribution in [0.15, 0.2) is 73.2 Å². The molecule has 0 unspecified atom stereocenters. The molecule has 0 atom stereocenters. The van der Waals surface area contributed by atoms with Gasteiger partial charge < -0.3 is 0 Å². The van der Waals surface area contributed by atoms with Crippen LogP contribution in [0.3, 0.4) is 0 Å². The fraction of sp³-hybridized carbons (Fsp3) is 0.0417. The molecule has 0 fully saturated rings. The molecule has 0 saturated carbocycles. The van der Waals surface area contributed by atoms with Gasteiger partial charge in [-0.3, -0.25) is 14.4 Å². The van der Waals surface area contributed by atoms with Crippen molar-refractivity contribution in [2.75, 3.05) is 0 Å². The average molecular weight is 358 g/mol. The minimum absolute atomic E-state index is 0.960. The first-order valence-electron chi connectivity index (χ1n) is 9.43. The second kappa shape index (κ2) is 4.93. The first kappa shape index (κ1) is 14.3. The third-order valence-corrected chi connectivity index (χ3v) is 5.92. The van der Waals surface area contributed by atoms with Gasteiger partial charge in [-0.2, -0.15) is 0 Å². The van der Waals surface area contributed by atoms with Crippen LogP contribution in [0.5, 0.6) is 0 Å². The van der Waals surface area contributed by atoms with Crippen molar-refractivity contribution < 1.29 is 0 Å². The number of rotatable bonds is 0. The Balaban J connectivity index is 1.82. The molecule has 2 aromatic carbocycles. The van der Waals surface area contributed by atoms with Gasteiger partial charge in [-0.05, 0) is 47.4 Å². The highest BCUT2D eigenvalue weighted by Crippen LogP contribution is 2.42. The maximum Gasteiger partial charge on any atom is 0.146 e. The lowest BCUT2D eigenvalue weighted by atomic mass is 10.0. The van der Waals surface area contributed by atoms with E-state index in [4.69, 9.17) is 9.97 Å². The molecule has 4 heterocycles. The van der Waals surface area contributed by atoms with Crippen molar-refractivity contribution in [1.29, 1.82) is 0 Å². The summed E-state index contributed by atoms with van der Waals surface area (Å²) in [5.41, 5.74) is 10.6. The molecule has 0 aliphatic heterocycles. The maximum absolute atomic E-state index is 5.05. The zero-order valence-corrected chi connectivity index (χ0v) is 14.9. The second-order valence-electron chi connectivity index (χ2n) is 7.36. The van der Waals surface area contributed by atoms with E-state index < -0.39 is 0 Å². The molecule has 0 bridgehead atoms. The Morgan fingerprint density at radius 2 is 1.79 bits per heavy atom. The van der Waals surface area contributed by atoms with Gasteiger partial charge in [0.2, 0.25) is 0 Å². The van der Waals surface area contributed by atoms with Gasteiger partial charge in [-0.15, -0.1) is 0 Å². The normalized spacial score (nSPS) is 12.9. The monoisotopic (exact) mass is 358 g/mol. The molecule has 0 radical (unpaired) electrons. The molecular formula is C24H14N4. The number of aromatic nitrogens is 4. The SMILES string of the molecule is c1ccc2c(c1)Cc1ccc3nc4c5ccncc5c5ncccc5n4c3c1-2. The van der Waals surface area contributed by atoms with Crippen LogP contribution in [0, 0.1) is 0 Å². The van der Waals surface area contributed by atoms with E-state index in [1.54, 1.807) is 0 Å². The third kappa shape index (κ3) is 1.63. The number of fused-ring (bicyclic) bond motifs is 12. The largest absolute Gasteiger partial charge is 0.289 e. The number of benzene rings is 2. The number of hydrogen-bond acceptors (Lipinski definition) is 3. The quantitative estimate of drug-likeness (QED) is 0.352. The predicted octanol–water partition coefficient (Wildman–Crippen LogP) is 5.16. The molecule has 0 amide bonds. The molecule has 130 valence electrons. The molecule has 4 heteroatoms. The summed E-state index contributed by atoms with van der Waals surface area (Å²) in [6.07, 6.45) is 6.54. The van der Waals surface area contributed by atoms with Crippen molar-refractivity contribution in [2.45, 2.75) is 6.42 Å². The van der Waals surface area contributed by atoms with Crippen LogP contribution in [0.1, 0.15) is 11.1 Å². The Kier molecular flexibility index (Phi) is 2.51. The van der Waals surface area contributed by atoms with Gasteiger partial charge in [-0.1, -0.05) is 30.3 Å². The molecule has 0 N–H and O–H groups in total. The molecule has 0 spiro atoms. The number of pyridine rings is 3. The van der Waals surface area contributed by atoms with Crippen molar-refractivity contribution in [1.82, 2.24) is 19.4 Å². The second-order valence-corrected chi connectivity index (χ2v) is 7.36. The number of nitrogens with zero attached hydrogens (tertiary/aromatic N) is 4. The van der Waals surface area contributed by atoms with Crippen LogP contribution in [-0.4, -0.2) is 19.4 Å². The predicted molar refractivity (Wildman–Crippen MR) is 112 cm³/mol. The minimum Gasteiger partial charge on any atom is -0.289 e. The van der Waals surface area contributed by atoms with Crippen molar-refractivity contribution in [3.63, 3.8) is 0 Å². The molecule has 7 rings (SSSR count). The highest BCUT2D eigenvalue weighted by molar-refractivity contribution is 6.13. The van der Waals surface area contributed by atoms with Gasteiger partial charge in [0.15, 0.2) is 0 Å². The Bertz CT molecular complexity index is 1590. The standard InChI is InChI=1S/C24H14N4/c1-2-5-16-14(4-1)12-15-7-8-19-23(21(15)16)28-20-6-3-10-26-22(20)18-13-25-11-9-17(18)24(28)27-19/h1-11,13H,12H2. The van der Waals surface area contributed by atoms with Gasteiger partial charge >= 0.3 is 0 Å². The summed E-state index contributed by atoms with van der Waals surface area (Å²) in [5.74, 6) is 0. The van der Waals surface area contributed by atoms with Crippen LogP contribution in [0.25, 0.3) is 49.6 Å². The maximum atomic E-state index is 5.05. The lowest BCUT2D eigenvalue weighted by molar-refractivity contribution is 1.26. The summed E-state index contributed by atoms with van der Waals surface area (Å²) in [4.78, 5) is 14.1. The van der Waals surface area contributed by atoms with Gasteiger partial charge in [0.05, 0.1) is 22.1 Å². The smallest absolute Gasteiger partial charge is 0.146 e. The first-order valence-corrected chi connectivity index (χ1v) is 9.43. The molecule has 4 nitrogen and oxygen atoms in total.